The maximum absolute atomic E-state index is 11.2. The van der Waals surface area contributed by atoms with E-state index < -0.39 is 15.3 Å². The van der Waals surface area contributed by atoms with Crippen molar-refractivity contribution < 1.29 is 13.2 Å². The molecule has 1 saturated heterocycles. The van der Waals surface area contributed by atoms with Crippen LogP contribution in [0.2, 0.25) is 0 Å². The monoisotopic (exact) mass is 164 g/mol. The Morgan fingerprint density at radius 1 is 1.40 bits per heavy atom. The Morgan fingerprint density at radius 2 is 1.80 bits per heavy atom. The van der Waals surface area contributed by atoms with E-state index in [0.717, 1.165) is 0 Å². The minimum Gasteiger partial charge on any atom is -0.353 e. The van der Waals surface area contributed by atoms with Crippen molar-refractivity contribution in [1.29, 1.82) is 0 Å². The van der Waals surface area contributed by atoms with Crippen LogP contribution in [0.5, 0.6) is 0 Å². The summed E-state index contributed by atoms with van der Waals surface area (Å²) in [6.07, 6.45) is -0.0904. The Labute approximate surface area is 61.3 Å². The Balaban J connectivity index is 2.72. The molecule has 1 fully saturated rings. The molecular formula is C6H12O3S. The molecule has 2 atom stereocenters. The second kappa shape index (κ2) is 2.20. The Bertz CT molecular complexity index is 217. The summed E-state index contributed by atoms with van der Waals surface area (Å²) in [4.78, 5) is 0. The largest absolute Gasteiger partial charge is 0.353 e. The standard InChI is InChI=1S/C6H12O3S/c1-4(2)10(7,8)6-5(3)9-6/h4-6H,1-3H3. The molecule has 1 aliphatic rings. The molecule has 0 aromatic heterocycles. The van der Waals surface area contributed by atoms with Crippen LogP contribution >= 0.6 is 0 Å². The second-order valence-electron chi connectivity index (χ2n) is 2.85. The molecular weight excluding hydrogens is 152 g/mol. The van der Waals surface area contributed by atoms with E-state index in [1.807, 2.05) is 0 Å². The molecule has 0 N–H and O–H groups in total. The minimum absolute atomic E-state index is 0.0904. The van der Waals surface area contributed by atoms with Crippen LogP contribution in [-0.4, -0.2) is 25.2 Å². The third kappa shape index (κ3) is 1.18. The number of ether oxygens (including phenoxy) is 1. The highest BCUT2D eigenvalue weighted by molar-refractivity contribution is 7.92. The number of sulfone groups is 1. The first-order valence-electron chi connectivity index (χ1n) is 3.34. The summed E-state index contributed by atoms with van der Waals surface area (Å²) in [5.74, 6) is 0. The van der Waals surface area contributed by atoms with Crippen LogP contribution in [0, 0.1) is 0 Å². The molecule has 0 saturated carbocycles. The fraction of sp³-hybridized carbons (Fsp3) is 1.00. The maximum Gasteiger partial charge on any atom is 0.185 e. The zero-order chi connectivity index (χ0) is 7.94. The third-order valence-corrected chi connectivity index (χ3v) is 4.09. The highest BCUT2D eigenvalue weighted by atomic mass is 32.2. The lowest BCUT2D eigenvalue weighted by molar-refractivity contribution is 0.404. The zero-order valence-electron chi connectivity index (χ0n) is 6.37. The van der Waals surface area contributed by atoms with Crippen molar-refractivity contribution in [3.8, 4) is 0 Å². The smallest absolute Gasteiger partial charge is 0.185 e. The summed E-state index contributed by atoms with van der Waals surface area (Å²) < 4.78 is 27.2. The average Bonchev–Trinajstić information content (AvgIpc) is 2.46. The molecule has 1 heterocycles. The molecule has 0 aromatic carbocycles. The molecule has 4 heteroatoms. The van der Waals surface area contributed by atoms with Crippen molar-refractivity contribution in [3.05, 3.63) is 0 Å². The zero-order valence-corrected chi connectivity index (χ0v) is 7.18. The van der Waals surface area contributed by atoms with Gasteiger partial charge in [0.2, 0.25) is 0 Å². The maximum atomic E-state index is 11.2. The topological polar surface area (TPSA) is 46.7 Å². The molecule has 0 amide bonds. The van der Waals surface area contributed by atoms with Crippen molar-refractivity contribution in [3.63, 3.8) is 0 Å². The van der Waals surface area contributed by atoms with Crippen molar-refractivity contribution >= 4 is 9.84 Å². The van der Waals surface area contributed by atoms with Gasteiger partial charge >= 0.3 is 0 Å². The lowest BCUT2D eigenvalue weighted by atomic mass is 10.6. The quantitative estimate of drug-likeness (QED) is 0.560. The van der Waals surface area contributed by atoms with E-state index in [4.69, 9.17) is 4.74 Å². The van der Waals surface area contributed by atoms with E-state index in [1.165, 1.54) is 0 Å². The molecule has 60 valence electrons. The van der Waals surface area contributed by atoms with Gasteiger partial charge in [-0.3, -0.25) is 0 Å². The van der Waals surface area contributed by atoms with E-state index >= 15 is 0 Å². The van der Waals surface area contributed by atoms with Crippen molar-refractivity contribution in [2.75, 3.05) is 0 Å². The van der Waals surface area contributed by atoms with Crippen molar-refractivity contribution in [1.82, 2.24) is 0 Å². The normalized spacial score (nSPS) is 32.8. The number of rotatable bonds is 2. The summed E-state index contributed by atoms with van der Waals surface area (Å²) in [6, 6.07) is 0. The van der Waals surface area contributed by atoms with Crippen LogP contribution < -0.4 is 0 Å². The molecule has 0 aliphatic carbocycles. The van der Waals surface area contributed by atoms with Gasteiger partial charge in [0.05, 0.1) is 11.4 Å². The van der Waals surface area contributed by atoms with Crippen LogP contribution in [0.3, 0.4) is 0 Å². The van der Waals surface area contributed by atoms with E-state index in [9.17, 15) is 8.42 Å². The lowest BCUT2D eigenvalue weighted by Crippen LogP contribution is -2.20. The fourth-order valence-electron chi connectivity index (χ4n) is 0.779. The van der Waals surface area contributed by atoms with Gasteiger partial charge < -0.3 is 4.74 Å². The van der Waals surface area contributed by atoms with Gasteiger partial charge in [-0.25, -0.2) is 8.42 Å². The third-order valence-electron chi connectivity index (χ3n) is 1.64. The molecule has 10 heavy (non-hydrogen) atoms. The molecule has 0 spiro atoms. The highest BCUT2D eigenvalue weighted by Gasteiger charge is 2.46. The van der Waals surface area contributed by atoms with Gasteiger partial charge in [-0.1, -0.05) is 0 Å². The number of hydrogen-bond donors (Lipinski definition) is 0. The predicted molar refractivity (Wildman–Crippen MR) is 38.4 cm³/mol. The van der Waals surface area contributed by atoms with E-state index in [-0.39, 0.29) is 11.4 Å². The van der Waals surface area contributed by atoms with Crippen molar-refractivity contribution in [2.24, 2.45) is 0 Å². The van der Waals surface area contributed by atoms with Crippen LogP contribution in [0.15, 0.2) is 0 Å². The molecule has 2 unspecified atom stereocenters. The number of epoxide rings is 1. The van der Waals surface area contributed by atoms with Gasteiger partial charge in [0.1, 0.15) is 0 Å². The first-order chi connectivity index (χ1) is 4.46. The summed E-state index contributed by atoms with van der Waals surface area (Å²) in [5, 5.41) is -0.317. The lowest BCUT2D eigenvalue weighted by Gasteiger charge is -2.01. The van der Waals surface area contributed by atoms with Gasteiger partial charge in [0.25, 0.3) is 0 Å². The first kappa shape index (κ1) is 8.01. The average molecular weight is 164 g/mol. The summed E-state index contributed by atoms with van der Waals surface area (Å²) in [6.45, 7) is 5.11. The first-order valence-corrected chi connectivity index (χ1v) is 4.95. The Hall–Kier alpha value is -0.0900. The molecule has 0 radical (unpaired) electrons. The highest BCUT2D eigenvalue weighted by Crippen LogP contribution is 2.29. The van der Waals surface area contributed by atoms with Crippen molar-refractivity contribution in [2.45, 2.75) is 37.6 Å². The second-order valence-corrected chi connectivity index (χ2v) is 5.43. The molecule has 0 aromatic rings. The van der Waals surface area contributed by atoms with E-state index in [0.29, 0.717) is 0 Å². The summed E-state index contributed by atoms with van der Waals surface area (Å²) in [5.41, 5.74) is -0.521. The van der Waals surface area contributed by atoms with Crippen LogP contribution in [0.1, 0.15) is 20.8 Å². The summed E-state index contributed by atoms with van der Waals surface area (Å²) in [7, 11) is -2.98. The molecule has 3 nitrogen and oxygen atoms in total. The Kier molecular flexibility index (Phi) is 1.76. The SMILES string of the molecule is CC1OC1S(=O)(=O)C(C)C. The van der Waals surface area contributed by atoms with E-state index in [2.05, 4.69) is 0 Å². The number of hydrogen-bond acceptors (Lipinski definition) is 3. The summed E-state index contributed by atoms with van der Waals surface area (Å²) >= 11 is 0. The van der Waals surface area contributed by atoms with Crippen LogP contribution in [0.25, 0.3) is 0 Å². The molecule has 1 rings (SSSR count). The fourth-order valence-corrected chi connectivity index (χ4v) is 2.18. The molecule has 1 aliphatic heterocycles. The van der Waals surface area contributed by atoms with Gasteiger partial charge in [-0.15, -0.1) is 0 Å². The predicted octanol–water partition coefficient (Wildman–Crippen LogP) is 0.554. The van der Waals surface area contributed by atoms with E-state index in [1.54, 1.807) is 20.8 Å². The minimum atomic E-state index is -2.98. The van der Waals surface area contributed by atoms with Crippen LogP contribution in [0.4, 0.5) is 0 Å². The van der Waals surface area contributed by atoms with Gasteiger partial charge in [0, 0.05) is 0 Å². The Morgan fingerprint density at radius 3 is 1.90 bits per heavy atom. The van der Waals surface area contributed by atoms with Crippen LogP contribution in [-0.2, 0) is 14.6 Å². The van der Waals surface area contributed by atoms with Gasteiger partial charge in [-0.2, -0.15) is 0 Å². The van der Waals surface area contributed by atoms with Gasteiger partial charge in [-0.05, 0) is 20.8 Å². The van der Waals surface area contributed by atoms with Gasteiger partial charge in [0.15, 0.2) is 15.3 Å². The molecule has 0 bridgehead atoms.